The number of amides is 1. The summed E-state index contributed by atoms with van der Waals surface area (Å²) in [5.74, 6) is 1.30. The first kappa shape index (κ1) is 19.6. The summed E-state index contributed by atoms with van der Waals surface area (Å²) < 4.78 is 5.25. The van der Waals surface area contributed by atoms with Crippen LogP contribution in [0.5, 0.6) is 0 Å². The van der Waals surface area contributed by atoms with E-state index in [2.05, 4.69) is 45.5 Å². The second-order valence-electron chi connectivity index (χ2n) is 8.01. The Bertz CT molecular complexity index is 818. The highest BCUT2D eigenvalue weighted by Gasteiger charge is 2.36. The standard InChI is InChI=1S/C23H30N4O2/c1-24-22(25-18-23(11-5-6-12-23)19-8-3-2-4-9-19)27-15-13-26(14-16-27)21(28)20-10-7-17-29-20/h2-4,7-10,17H,5-6,11-16,18H2,1H3,(H,24,25). The first-order chi connectivity index (χ1) is 14.2. The van der Waals surface area contributed by atoms with Crippen molar-refractivity contribution < 1.29 is 9.21 Å². The van der Waals surface area contributed by atoms with Gasteiger partial charge < -0.3 is 19.5 Å². The van der Waals surface area contributed by atoms with Gasteiger partial charge in [0.2, 0.25) is 0 Å². The summed E-state index contributed by atoms with van der Waals surface area (Å²) in [5, 5.41) is 3.65. The van der Waals surface area contributed by atoms with Crippen LogP contribution in [0.4, 0.5) is 0 Å². The third-order valence-corrected chi connectivity index (χ3v) is 6.34. The number of carbonyl (C=O) groups is 1. The lowest BCUT2D eigenvalue weighted by Gasteiger charge is -2.38. The first-order valence-corrected chi connectivity index (χ1v) is 10.6. The van der Waals surface area contributed by atoms with E-state index >= 15 is 0 Å². The molecule has 2 aromatic rings. The second kappa shape index (κ2) is 8.72. The van der Waals surface area contributed by atoms with Crippen LogP contribution >= 0.6 is 0 Å². The van der Waals surface area contributed by atoms with E-state index in [0.29, 0.717) is 18.8 Å². The molecule has 0 radical (unpaired) electrons. The van der Waals surface area contributed by atoms with Crippen molar-refractivity contribution in [3.05, 3.63) is 60.1 Å². The average Bonchev–Trinajstić information content (AvgIpc) is 3.48. The van der Waals surface area contributed by atoms with Crippen LogP contribution in [0.25, 0.3) is 0 Å². The van der Waals surface area contributed by atoms with E-state index in [1.165, 1.54) is 31.2 Å². The van der Waals surface area contributed by atoms with Crippen LogP contribution in [0.15, 0.2) is 58.1 Å². The average molecular weight is 395 g/mol. The summed E-state index contributed by atoms with van der Waals surface area (Å²) in [6, 6.07) is 14.4. The number of carbonyl (C=O) groups excluding carboxylic acids is 1. The van der Waals surface area contributed by atoms with Gasteiger partial charge in [-0.25, -0.2) is 0 Å². The van der Waals surface area contributed by atoms with Crippen molar-refractivity contribution in [1.29, 1.82) is 0 Å². The van der Waals surface area contributed by atoms with Crippen molar-refractivity contribution in [3.63, 3.8) is 0 Å². The molecule has 1 saturated carbocycles. The van der Waals surface area contributed by atoms with Crippen molar-refractivity contribution in [3.8, 4) is 0 Å². The molecule has 0 atom stereocenters. The number of nitrogens with zero attached hydrogens (tertiary/aromatic N) is 3. The Morgan fingerprint density at radius 2 is 1.72 bits per heavy atom. The van der Waals surface area contributed by atoms with E-state index < -0.39 is 0 Å². The van der Waals surface area contributed by atoms with Crippen LogP contribution in [0, 0.1) is 0 Å². The summed E-state index contributed by atoms with van der Waals surface area (Å²) in [6.45, 7) is 3.78. The van der Waals surface area contributed by atoms with Crippen LogP contribution in [0.2, 0.25) is 0 Å². The molecule has 6 heteroatoms. The Balaban J connectivity index is 1.36. The number of guanidine groups is 1. The van der Waals surface area contributed by atoms with Gasteiger partial charge in [0.1, 0.15) is 0 Å². The predicted molar refractivity (Wildman–Crippen MR) is 114 cm³/mol. The Kier molecular flexibility index (Phi) is 5.88. The molecule has 1 aromatic heterocycles. The maximum absolute atomic E-state index is 12.5. The van der Waals surface area contributed by atoms with Gasteiger partial charge in [0, 0.05) is 45.2 Å². The van der Waals surface area contributed by atoms with Crippen molar-refractivity contribution >= 4 is 11.9 Å². The molecule has 0 spiro atoms. The van der Waals surface area contributed by atoms with E-state index in [1.807, 2.05) is 11.9 Å². The quantitative estimate of drug-likeness (QED) is 0.639. The fraction of sp³-hybridized carbons (Fsp3) is 0.478. The molecule has 0 bridgehead atoms. The van der Waals surface area contributed by atoms with Gasteiger partial charge in [0.15, 0.2) is 11.7 Å². The minimum Gasteiger partial charge on any atom is -0.459 e. The van der Waals surface area contributed by atoms with E-state index in [9.17, 15) is 4.79 Å². The Labute approximate surface area is 172 Å². The number of piperazine rings is 1. The van der Waals surface area contributed by atoms with E-state index in [1.54, 1.807) is 18.4 Å². The molecule has 2 fully saturated rings. The molecule has 1 aliphatic carbocycles. The lowest BCUT2D eigenvalue weighted by atomic mass is 9.79. The van der Waals surface area contributed by atoms with Gasteiger partial charge in [-0.2, -0.15) is 0 Å². The number of hydrogen-bond donors (Lipinski definition) is 1. The Hall–Kier alpha value is -2.76. The Morgan fingerprint density at radius 1 is 1.03 bits per heavy atom. The summed E-state index contributed by atoms with van der Waals surface area (Å²) in [6.07, 6.45) is 6.53. The van der Waals surface area contributed by atoms with Gasteiger partial charge in [-0.05, 0) is 30.5 Å². The zero-order chi connectivity index (χ0) is 20.1. The van der Waals surface area contributed by atoms with Gasteiger partial charge in [-0.3, -0.25) is 9.79 Å². The van der Waals surface area contributed by atoms with Crippen molar-refractivity contribution in [2.24, 2.45) is 4.99 Å². The molecule has 0 unspecified atom stereocenters. The molecule has 2 heterocycles. The molecule has 1 saturated heterocycles. The van der Waals surface area contributed by atoms with Crippen LogP contribution < -0.4 is 5.32 Å². The second-order valence-corrected chi connectivity index (χ2v) is 8.01. The predicted octanol–water partition coefficient (Wildman–Crippen LogP) is 3.12. The third-order valence-electron chi connectivity index (χ3n) is 6.34. The van der Waals surface area contributed by atoms with E-state index in [0.717, 1.165) is 25.6 Å². The molecular formula is C23H30N4O2. The first-order valence-electron chi connectivity index (χ1n) is 10.6. The largest absolute Gasteiger partial charge is 0.459 e. The summed E-state index contributed by atoms with van der Waals surface area (Å²) in [5.41, 5.74) is 1.61. The normalized spacial score (nSPS) is 19.4. The number of benzene rings is 1. The summed E-state index contributed by atoms with van der Waals surface area (Å²) in [4.78, 5) is 21.1. The number of aliphatic imine (C=N–C) groups is 1. The van der Waals surface area contributed by atoms with E-state index in [-0.39, 0.29) is 11.3 Å². The summed E-state index contributed by atoms with van der Waals surface area (Å²) >= 11 is 0. The molecule has 1 aromatic carbocycles. The van der Waals surface area contributed by atoms with Gasteiger partial charge in [-0.1, -0.05) is 43.2 Å². The number of hydrogen-bond acceptors (Lipinski definition) is 3. The van der Waals surface area contributed by atoms with Crippen LogP contribution in [-0.4, -0.2) is 61.4 Å². The maximum Gasteiger partial charge on any atom is 0.289 e. The summed E-state index contributed by atoms with van der Waals surface area (Å²) in [7, 11) is 1.84. The van der Waals surface area contributed by atoms with E-state index in [4.69, 9.17) is 4.42 Å². The van der Waals surface area contributed by atoms with Gasteiger partial charge >= 0.3 is 0 Å². The zero-order valence-corrected chi connectivity index (χ0v) is 17.1. The topological polar surface area (TPSA) is 61.1 Å². The molecular weight excluding hydrogens is 364 g/mol. The third kappa shape index (κ3) is 4.16. The molecule has 1 aliphatic heterocycles. The van der Waals surface area contributed by atoms with Gasteiger partial charge in [-0.15, -0.1) is 0 Å². The molecule has 1 amide bonds. The fourth-order valence-corrected chi connectivity index (χ4v) is 4.67. The minimum absolute atomic E-state index is 0.0356. The van der Waals surface area contributed by atoms with Crippen LogP contribution in [0.1, 0.15) is 41.8 Å². The molecule has 1 N–H and O–H groups in total. The lowest BCUT2D eigenvalue weighted by molar-refractivity contribution is 0.0657. The SMILES string of the molecule is CN=C(NCC1(c2ccccc2)CCCC1)N1CCN(C(=O)c2ccco2)CC1. The van der Waals surface area contributed by atoms with Gasteiger partial charge in [0.05, 0.1) is 6.26 Å². The van der Waals surface area contributed by atoms with Crippen LogP contribution in [0.3, 0.4) is 0 Å². The zero-order valence-electron chi connectivity index (χ0n) is 17.1. The van der Waals surface area contributed by atoms with Gasteiger partial charge in [0.25, 0.3) is 5.91 Å². The highest BCUT2D eigenvalue weighted by molar-refractivity contribution is 5.91. The molecule has 2 aliphatic rings. The highest BCUT2D eigenvalue weighted by Crippen LogP contribution is 2.40. The number of rotatable bonds is 4. The molecule has 29 heavy (non-hydrogen) atoms. The van der Waals surface area contributed by atoms with Crippen molar-refractivity contribution in [2.45, 2.75) is 31.1 Å². The molecule has 6 nitrogen and oxygen atoms in total. The smallest absolute Gasteiger partial charge is 0.289 e. The molecule has 154 valence electrons. The lowest BCUT2D eigenvalue weighted by Crippen LogP contribution is -2.55. The number of furan rings is 1. The fourth-order valence-electron chi connectivity index (χ4n) is 4.67. The Morgan fingerprint density at radius 3 is 2.34 bits per heavy atom. The van der Waals surface area contributed by atoms with Crippen molar-refractivity contribution in [1.82, 2.24) is 15.1 Å². The maximum atomic E-state index is 12.5. The van der Waals surface area contributed by atoms with Crippen molar-refractivity contribution in [2.75, 3.05) is 39.8 Å². The highest BCUT2D eigenvalue weighted by atomic mass is 16.3. The minimum atomic E-state index is -0.0356. The molecule has 4 rings (SSSR count). The number of nitrogens with one attached hydrogen (secondary N) is 1. The monoisotopic (exact) mass is 394 g/mol. The van der Waals surface area contributed by atoms with Crippen LogP contribution in [-0.2, 0) is 5.41 Å².